The molecule has 0 radical (unpaired) electrons. The number of nitrogens with one attached hydrogen (secondary N) is 1. The second-order valence-electron chi connectivity index (χ2n) is 6.52. The van der Waals surface area contributed by atoms with Crippen LogP contribution in [0.4, 0.5) is 0 Å². The van der Waals surface area contributed by atoms with Crippen LogP contribution in [-0.2, 0) is 4.79 Å². The van der Waals surface area contributed by atoms with Gasteiger partial charge in [0.25, 0.3) is 0 Å². The van der Waals surface area contributed by atoms with Gasteiger partial charge in [0.2, 0.25) is 5.91 Å². The van der Waals surface area contributed by atoms with Gasteiger partial charge in [-0.3, -0.25) is 9.36 Å². The lowest BCUT2D eigenvalue weighted by Gasteiger charge is -2.14. The van der Waals surface area contributed by atoms with Crippen LogP contribution in [0.25, 0.3) is 10.7 Å². The average molecular weight is 419 g/mol. The number of rotatable bonds is 7. The van der Waals surface area contributed by atoms with Gasteiger partial charge in [0, 0.05) is 11.1 Å². The van der Waals surface area contributed by atoms with Crippen LogP contribution in [0.1, 0.15) is 37.4 Å². The molecular formula is C19H19ClN4OS2. The highest BCUT2D eigenvalue weighted by Crippen LogP contribution is 2.41. The largest absolute Gasteiger partial charge is 0.349 e. The minimum atomic E-state index is -0.0974. The maximum atomic E-state index is 12.4. The van der Waals surface area contributed by atoms with E-state index in [2.05, 4.69) is 26.1 Å². The summed E-state index contributed by atoms with van der Waals surface area (Å²) in [5, 5.41) is 15.3. The quantitative estimate of drug-likeness (QED) is 0.550. The van der Waals surface area contributed by atoms with Gasteiger partial charge in [-0.1, -0.05) is 41.6 Å². The molecule has 0 aliphatic heterocycles. The SMILES string of the molecule is C[C@@H](NC(=O)CSc1nnc(-c2cccs2)n1C1CC1)c1cccc(Cl)c1. The van der Waals surface area contributed by atoms with Gasteiger partial charge in [0.1, 0.15) is 0 Å². The van der Waals surface area contributed by atoms with Crippen molar-refractivity contribution in [3.63, 3.8) is 0 Å². The lowest BCUT2D eigenvalue weighted by atomic mass is 10.1. The second kappa shape index (κ2) is 8.04. The number of nitrogens with zero attached hydrogens (tertiary/aromatic N) is 3. The monoisotopic (exact) mass is 418 g/mol. The summed E-state index contributed by atoms with van der Waals surface area (Å²) in [4.78, 5) is 13.5. The minimum absolute atomic E-state index is 0.0319. The molecule has 1 atom stereocenters. The van der Waals surface area contributed by atoms with Gasteiger partial charge < -0.3 is 5.32 Å². The summed E-state index contributed by atoms with van der Waals surface area (Å²) in [6, 6.07) is 12.0. The van der Waals surface area contributed by atoms with Crippen LogP contribution in [0.3, 0.4) is 0 Å². The summed E-state index contributed by atoms with van der Waals surface area (Å²) in [5.41, 5.74) is 0.988. The summed E-state index contributed by atoms with van der Waals surface area (Å²) in [6.45, 7) is 1.95. The predicted molar refractivity (Wildman–Crippen MR) is 110 cm³/mol. The minimum Gasteiger partial charge on any atom is -0.349 e. The van der Waals surface area contributed by atoms with Gasteiger partial charge in [0.05, 0.1) is 16.7 Å². The van der Waals surface area contributed by atoms with Crippen LogP contribution >= 0.6 is 34.7 Å². The normalized spacial score (nSPS) is 14.9. The molecule has 1 fully saturated rings. The zero-order valence-corrected chi connectivity index (χ0v) is 17.2. The van der Waals surface area contributed by atoms with Crippen LogP contribution in [0, 0.1) is 0 Å². The van der Waals surface area contributed by atoms with Crippen molar-refractivity contribution in [2.45, 2.75) is 37.0 Å². The van der Waals surface area contributed by atoms with Gasteiger partial charge in [-0.05, 0) is 48.9 Å². The molecule has 1 aromatic carbocycles. The van der Waals surface area contributed by atoms with E-state index in [4.69, 9.17) is 11.6 Å². The standard InChI is InChI=1S/C19H19ClN4OS2/c1-12(13-4-2-5-14(20)10-13)21-17(25)11-27-19-23-22-18(16-6-3-9-26-16)24(19)15-7-8-15/h2-6,9-10,12,15H,7-8,11H2,1H3,(H,21,25)/t12-/m1/s1. The van der Waals surface area contributed by atoms with E-state index in [1.807, 2.05) is 42.6 Å². The first-order chi connectivity index (χ1) is 13.1. The Balaban J connectivity index is 1.41. The third-order valence-corrected chi connectivity index (χ3v) is 6.42. The van der Waals surface area contributed by atoms with Crippen molar-refractivity contribution in [3.8, 4) is 10.7 Å². The Morgan fingerprint density at radius 3 is 2.93 bits per heavy atom. The molecule has 8 heteroatoms. The third kappa shape index (κ3) is 4.36. The summed E-state index contributed by atoms with van der Waals surface area (Å²) in [5.74, 6) is 1.18. The van der Waals surface area contributed by atoms with Crippen molar-refractivity contribution >= 4 is 40.6 Å². The van der Waals surface area contributed by atoms with E-state index in [9.17, 15) is 4.79 Å². The van der Waals surface area contributed by atoms with Crippen molar-refractivity contribution in [3.05, 3.63) is 52.4 Å². The first-order valence-electron chi connectivity index (χ1n) is 8.78. The number of halogens is 1. The molecule has 2 heterocycles. The van der Waals surface area contributed by atoms with E-state index in [1.165, 1.54) is 11.8 Å². The summed E-state index contributed by atoms with van der Waals surface area (Å²) < 4.78 is 2.18. The van der Waals surface area contributed by atoms with Crippen LogP contribution < -0.4 is 5.32 Å². The zero-order chi connectivity index (χ0) is 18.8. The molecule has 0 bridgehead atoms. The van der Waals surface area contributed by atoms with E-state index in [0.717, 1.165) is 34.3 Å². The van der Waals surface area contributed by atoms with Crippen molar-refractivity contribution in [2.75, 3.05) is 5.75 Å². The Kier molecular flexibility index (Phi) is 5.52. The fraction of sp³-hybridized carbons (Fsp3) is 0.316. The number of benzene rings is 1. The summed E-state index contributed by atoms with van der Waals surface area (Å²) >= 11 is 9.13. The topological polar surface area (TPSA) is 59.8 Å². The fourth-order valence-electron chi connectivity index (χ4n) is 2.88. The molecule has 5 nitrogen and oxygen atoms in total. The molecule has 3 aromatic rings. The number of amides is 1. The average Bonchev–Trinajstić information content (AvgIpc) is 3.18. The van der Waals surface area contributed by atoms with Crippen LogP contribution in [-0.4, -0.2) is 26.4 Å². The number of carbonyl (C=O) groups excluding carboxylic acids is 1. The third-order valence-electron chi connectivity index (χ3n) is 4.38. The highest BCUT2D eigenvalue weighted by molar-refractivity contribution is 7.99. The molecule has 1 aliphatic rings. The highest BCUT2D eigenvalue weighted by Gasteiger charge is 2.30. The van der Waals surface area contributed by atoms with Crippen molar-refractivity contribution in [1.82, 2.24) is 20.1 Å². The molecule has 0 spiro atoms. The molecule has 27 heavy (non-hydrogen) atoms. The number of thiophene rings is 1. The van der Waals surface area contributed by atoms with E-state index in [1.54, 1.807) is 11.3 Å². The van der Waals surface area contributed by atoms with E-state index in [0.29, 0.717) is 16.8 Å². The Morgan fingerprint density at radius 2 is 2.22 bits per heavy atom. The Bertz CT molecular complexity index is 937. The zero-order valence-electron chi connectivity index (χ0n) is 14.8. The molecule has 1 saturated carbocycles. The van der Waals surface area contributed by atoms with Gasteiger partial charge in [-0.15, -0.1) is 21.5 Å². The Hall–Kier alpha value is -1.83. The van der Waals surface area contributed by atoms with E-state index < -0.39 is 0 Å². The first-order valence-corrected chi connectivity index (χ1v) is 11.0. The van der Waals surface area contributed by atoms with Crippen LogP contribution in [0.5, 0.6) is 0 Å². The molecule has 1 aliphatic carbocycles. The predicted octanol–water partition coefficient (Wildman–Crippen LogP) is 4.96. The van der Waals surface area contributed by atoms with E-state index in [-0.39, 0.29) is 11.9 Å². The smallest absolute Gasteiger partial charge is 0.230 e. The first kappa shape index (κ1) is 18.5. The lowest BCUT2D eigenvalue weighted by Crippen LogP contribution is -2.28. The lowest BCUT2D eigenvalue weighted by molar-refractivity contribution is -0.119. The van der Waals surface area contributed by atoms with Crippen LogP contribution in [0.2, 0.25) is 5.02 Å². The Morgan fingerprint density at radius 1 is 1.37 bits per heavy atom. The van der Waals surface area contributed by atoms with Crippen molar-refractivity contribution < 1.29 is 4.79 Å². The fourth-order valence-corrected chi connectivity index (χ4v) is 4.60. The van der Waals surface area contributed by atoms with Crippen LogP contribution in [0.15, 0.2) is 46.9 Å². The molecular weight excluding hydrogens is 400 g/mol. The molecule has 1 amide bonds. The number of aromatic nitrogens is 3. The summed E-state index contributed by atoms with van der Waals surface area (Å²) in [7, 11) is 0. The molecule has 2 aromatic heterocycles. The maximum Gasteiger partial charge on any atom is 0.230 e. The highest BCUT2D eigenvalue weighted by atomic mass is 35.5. The molecule has 4 rings (SSSR count). The van der Waals surface area contributed by atoms with Crippen molar-refractivity contribution in [2.24, 2.45) is 0 Å². The molecule has 0 saturated heterocycles. The maximum absolute atomic E-state index is 12.4. The number of carbonyl (C=O) groups is 1. The number of thioether (sulfide) groups is 1. The van der Waals surface area contributed by atoms with Crippen molar-refractivity contribution in [1.29, 1.82) is 0 Å². The van der Waals surface area contributed by atoms with Gasteiger partial charge >= 0.3 is 0 Å². The van der Waals surface area contributed by atoms with Gasteiger partial charge in [0.15, 0.2) is 11.0 Å². The second-order valence-corrected chi connectivity index (χ2v) is 8.84. The molecule has 0 unspecified atom stereocenters. The van der Waals surface area contributed by atoms with Gasteiger partial charge in [-0.2, -0.15) is 0 Å². The molecule has 1 N–H and O–H groups in total. The van der Waals surface area contributed by atoms with E-state index >= 15 is 0 Å². The van der Waals surface area contributed by atoms with Gasteiger partial charge in [-0.25, -0.2) is 0 Å². The molecule has 140 valence electrons. The number of hydrogen-bond donors (Lipinski definition) is 1. The summed E-state index contributed by atoms with van der Waals surface area (Å²) in [6.07, 6.45) is 2.28. The Labute approximate surface area is 171 Å². The number of hydrogen-bond acceptors (Lipinski definition) is 5.